The summed E-state index contributed by atoms with van der Waals surface area (Å²) >= 11 is 0. The molecule has 0 radical (unpaired) electrons. The summed E-state index contributed by atoms with van der Waals surface area (Å²) in [6.07, 6.45) is 12.3. The smallest absolute Gasteiger partial charge is 0.342 e. The number of unbranched alkanes of at least 4 members (excludes halogenated alkanes) is 5. The third-order valence-electron chi connectivity index (χ3n) is 7.28. The monoisotopic (exact) mass is 500 g/mol. The van der Waals surface area contributed by atoms with Crippen molar-refractivity contribution in [1.29, 1.82) is 0 Å². The molecule has 0 spiro atoms. The molecule has 1 aromatic carbocycles. The lowest BCUT2D eigenvalue weighted by Crippen LogP contribution is -2.21. The predicted octanol–water partition coefficient (Wildman–Crippen LogP) is 7.72. The molecule has 0 bridgehead atoms. The van der Waals surface area contributed by atoms with Crippen molar-refractivity contribution >= 4 is 5.97 Å². The first kappa shape index (κ1) is 30.0. The Labute approximate surface area is 218 Å². The van der Waals surface area contributed by atoms with E-state index in [-0.39, 0.29) is 35.5 Å². The largest absolute Gasteiger partial charge is 0.507 e. The standard InChI is InChI=1S/C31H48O5/c1-6-8-10-12-14-25(32)20-36-31(35)28-24(13-11-9-7-2)19-27(33)29(30(28)34)26-18-22(5)15-16-23(26)17-21(3)4/h18-19,23,25-26,32-34H,3,6-17,20H2,1-2,4-5H3. The van der Waals surface area contributed by atoms with Crippen LogP contribution in [0.2, 0.25) is 0 Å². The van der Waals surface area contributed by atoms with Crippen molar-refractivity contribution in [1.82, 2.24) is 0 Å². The highest BCUT2D eigenvalue weighted by atomic mass is 16.5. The SMILES string of the molecule is C=C(C)CC1CCC(C)=CC1c1c(O)cc(CCCCC)c(C(=O)OCC(O)CCCCCC)c1O. The summed E-state index contributed by atoms with van der Waals surface area (Å²) in [5.74, 6) is -0.833. The van der Waals surface area contributed by atoms with Gasteiger partial charge in [-0.2, -0.15) is 0 Å². The molecule has 5 nitrogen and oxygen atoms in total. The van der Waals surface area contributed by atoms with E-state index in [1.165, 1.54) is 5.57 Å². The zero-order chi connectivity index (χ0) is 26.7. The van der Waals surface area contributed by atoms with Gasteiger partial charge in [0.2, 0.25) is 0 Å². The Morgan fingerprint density at radius 2 is 1.83 bits per heavy atom. The molecule has 1 aliphatic rings. The summed E-state index contributed by atoms with van der Waals surface area (Å²) < 4.78 is 5.51. The van der Waals surface area contributed by atoms with Crippen LogP contribution in [-0.4, -0.2) is 34.0 Å². The Kier molecular flexibility index (Phi) is 12.6. The number of phenols is 2. The van der Waals surface area contributed by atoms with Crippen molar-refractivity contribution in [3.05, 3.63) is 46.6 Å². The first-order chi connectivity index (χ1) is 17.2. The zero-order valence-electron chi connectivity index (χ0n) is 22.9. The van der Waals surface area contributed by atoms with Crippen LogP contribution in [0, 0.1) is 5.92 Å². The minimum absolute atomic E-state index is 0.0224. The molecule has 1 aromatic rings. The van der Waals surface area contributed by atoms with E-state index in [4.69, 9.17) is 4.74 Å². The van der Waals surface area contributed by atoms with Crippen LogP contribution < -0.4 is 0 Å². The number of hydrogen-bond donors (Lipinski definition) is 3. The summed E-state index contributed by atoms with van der Waals surface area (Å²) in [7, 11) is 0. The van der Waals surface area contributed by atoms with Crippen LogP contribution in [0.5, 0.6) is 11.5 Å². The Hall–Kier alpha value is -2.27. The highest BCUT2D eigenvalue weighted by molar-refractivity contribution is 5.95. The van der Waals surface area contributed by atoms with Gasteiger partial charge in [-0.3, -0.25) is 0 Å². The molecule has 0 saturated carbocycles. The fraction of sp³-hybridized carbons (Fsp3) is 0.645. The average Bonchev–Trinajstić information content (AvgIpc) is 2.82. The molecule has 5 heteroatoms. The van der Waals surface area contributed by atoms with E-state index < -0.39 is 12.1 Å². The number of aromatic hydroxyl groups is 2. The van der Waals surface area contributed by atoms with Gasteiger partial charge in [-0.1, -0.05) is 69.6 Å². The maximum Gasteiger partial charge on any atom is 0.342 e. The van der Waals surface area contributed by atoms with E-state index in [0.717, 1.165) is 69.8 Å². The first-order valence-electron chi connectivity index (χ1n) is 13.9. The lowest BCUT2D eigenvalue weighted by molar-refractivity contribution is 0.0228. The molecule has 36 heavy (non-hydrogen) atoms. The van der Waals surface area contributed by atoms with Crippen LogP contribution in [0.25, 0.3) is 0 Å². The van der Waals surface area contributed by atoms with E-state index in [0.29, 0.717) is 24.0 Å². The third-order valence-corrected chi connectivity index (χ3v) is 7.28. The molecule has 202 valence electrons. The highest BCUT2D eigenvalue weighted by Crippen LogP contribution is 2.48. The Bertz CT molecular complexity index is 901. The van der Waals surface area contributed by atoms with Crippen LogP contribution >= 0.6 is 0 Å². The van der Waals surface area contributed by atoms with Crippen molar-refractivity contribution in [2.75, 3.05) is 6.61 Å². The predicted molar refractivity (Wildman–Crippen MR) is 147 cm³/mol. The van der Waals surface area contributed by atoms with Gasteiger partial charge in [-0.05, 0) is 69.9 Å². The molecule has 0 saturated heterocycles. The van der Waals surface area contributed by atoms with E-state index in [2.05, 4.69) is 33.4 Å². The van der Waals surface area contributed by atoms with E-state index in [1.807, 2.05) is 6.92 Å². The normalized spacial score (nSPS) is 18.5. The van der Waals surface area contributed by atoms with Crippen LogP contribution in [0.3, 0.4) is 0 Å². The van der Waals surface area contributed by atoms with Gasteiger partial charge < -0.3 is 20.1 Å². The van der Waals surface area contributed by atoms with Gasteiger partial charge in [0.1, 0.15) is 23.7 Å². The van der Waals surface area contributed by atoms with Gasteiger partial charge in [0.05, 0.1) is 6.10 Å². The summed E-state index contributed by atoms with van der Waals surface area (Å²) in [5.41, 5.74) is 3.38. The molecule has 2 rings (SSSR count). The summed E-state index contributed by atoms with van der Waals surface area (Å²) in [6.45, 7) is 12.3. The Morgan fingerprint density at radius 3 is 2.50 bits per heavy atom. The number of benzene rings is 1. The van der Waals surface area contributed by atoms with Crippen LogP contribution in [-0.2, 0) is 11.2 Å². The summed E-state index contributed by atoms with van der Waals surface area (Å²) in [5, 5.41) is 32.8. The minimum Gasteiger partial charge on any atom is -0.507 e. The average molecular weight is 501 g/mol. The maximum atomic E-state index is 13.3. The molecule has 3 N–H and O–H groups in total. The summed E-state index contributed by atoms with van der Waals surface area (Å²) in [4.78, 5) is 13.3. The number of rotatable bonds is 15. The molecule has 0 amide bonds. The molecule has 0 heterocycles. The number of esters is 1. The molecule has 0 aromatic heterocycles. The van der Waals surface area contributed by atoms with Crippen molar-refractivity contribution < 1.29 is 24.9 Å². The third kappa shape index (κ3) is 8.69. The second kappa shape index (κ2) is 15.1. The quantitative estimate of drug-likeness (QED) is 0.130. The van der Waals surface area contributed by atoms with Crippen molar-refractivity contribution in [3.63, 3.8) is 0 Å². The number of carbonyl (C=O) groups excluding carboxylic acids is 1. The lowest BCUT2D eigenvalue weighted by Gasteiger charge is -2.32. The van der Waals surface area contributed by atoms with E-state index in [9.17, 15) is 20.1 Å². The molecule has 3 atom stereocenters. The second-order valence-corrected chi connectivity index (χ2v) is 10.7. The summed E-state index contributed by atoms with van der Waals surface area (Å²) in [6, 6.07) is 1.64. The van der Waals surface area contributed by atoms with Gasteiger partial charge in [-0.15, -0.1) is 6.58 Å². The minimum atomic E-state index is -0.725. The van der Waals surface area contributed by atoms with E-state index in [1.54, 1.807) is 6.07 Å². The van der Waals surface area contributed by atoms with Gasteiger partial charge in [-0.25, -0.2) is 4.79 Å². The number of phenolic OH excluding ortho intramolecular Hbond substituents is 2. The Morgan fingerprint density at radius 1 is 1.14 bits per heavy atom. The Balaban J connectivity index is 2.37. The fourth-order valence-electron chi connectivity index (χ4n) is 5.29. The van der Waals surface area contributed by atoms with Crippen LogP contribution in [0.15, 0.2) is 29.9 Å². The first-order valence-corrected chi connectivity index (χ1v) is 13.9. The van der Waals surface area contributed by atoms with Gasteiger partial charge in [0, 0.05) is 11.5 Å². The zero-order valence-corrected chi connectivity index (χ0v) is 22.9. The number of allylic oxidation sites excluding steroid dienone is 3. The molecule has 0 aliphatic heterocycles. The number of aliphatic hydroxyl groups excluding tert-OH is 1. The number of aliphatic hydroxyl groups is 1. The molecular weight excluding hydrogens is 452 g/mol. The van der Waals surface area contributed by atoms with Crippen LogP contribution in [0.1, 0.15) is 126 Å². The molecule has 1 aliphatic carbocycles. The highest BCUT2D eigenvalue weighted by Gasteiger charge is 2.33. The second-order valence-electron chi connectivity index (χ2n) is 10.7. The maximum absolute atomic E-state index is 13.3. The van der Waals surface area contributed by atoms with Gasteiger partial charge in [0.25, 0.3) is 0 Å². The lowest BCUT2D eigenvalue weighted by atomic mass is 9.73. The fourth-order valence-corrected chi connectivity index (χ4v) is 5.29. The number of carbonyl (C=O) groups is 1. The number of aryl methyl sites for hydroxylation is 1. The topological polar surface area (TPSA) is 87.0 Å². The molecular formula is C31H48O5. The van der Waals surface area contributed by atoms with Gasteiger partial charge in [0.15, 0.2) is 0 Å². The van der Waals surface area contributed by atoms with Crippen LogP contribution in [0.4, 0.5) is 0 Å². The van der Waals surface area contributed by atoms with E-state index >= 15 is 0 Å². The van der Waals surface area contributed by atoms with Crippen molar-refractivity contribution in [3.8, 4) is 11.5 Å². The van der Waals surface area contributed by atoms with Crippen molar-refractivity contribution in [2.24, 2.45) is 5.92 Å². The number of ether oxygens (including phenoxy) is 1. The molecule has 3 unspecified atom stereocenters. The number of hydrogen-bond acceptors (Lipinski definition) is 5. The molecule has 0 fully saturated rings. The van der Waals surface area contributed by atoms with Crippen molar-refractivity contribution in [2.45, 2.75) is 117 Å². The van der Waals surface area contributed by atoms with Gasteiger partial charge >= 0.3 is 5.97 Å².